The highest BCUT2D eigenvalue weighted by Gasteiger charge is 2.12. The average Bonchev–Trinajstić information content (AvgIpc) is 2.62. The van der Waals surface area contributed by atoms with Gasteiger partial charge in [0, 0.05) is 11.8 Å². The monoisotopic (exact) mass is 332 g/mol. The third kappa shape index (κ3) is 2.70. The van der Waals surface area contributed by atoms with Gasteiger partial charge in [0.1, 0.15) is 11.3 Å². The molecule has 0 aliphatic rings. The first-order valence-corrected chi connectivity index (χ1v) is 7.57. The van der Waals surface area contributed by atoms with E-state index in [1.807, 2.05) is 30.3 Å². The molecule has 2 aromatic carbocycles. The number of H-pyrrole nitrogens is 1. The number of carbonyl (C=O) groups is 1. The number of pyridine rings is 1. The molecule has 0 bridgehead atoms. The molecule has 1 amide bonds. The van der Waals surface area contributed by atoms with Gasteiger partial charge in [-0.2, -0.15) is 0 Å². The minimum atomic E-state index is -0.716. The van der Waals surface area contributed by atoms with Crippen molar-refractivity contribution in [3.8, 4) is 0 Å². The molecule has 2 N–H and O–H groups in total. The standard InChI is InChI=1S/C19H12N2O4/c22-17(13-6-5-11-3-1-2-4-12(11)9-13)21-15-10-14-16(25-19(15)24)7-8-20-18(14)23/h1-10H,(H,20,23)(H,21,22). The Balaban J connectivity index is 1.73. The van der Waals surface area contributed by atoms with Gasteiger partial charge < -0.3 is 14.7 Å². The van der Waals surface area contributed by atoms with E-state index in [2.05, 4.69) is 10.3 Å². The van der Waals surface area contributed by atoms with Crippen molar-refractivity contribution in [3.05, 3.63) is 87.1 Å². The second kappa shape index (κ2) is 5.76. The Labute approximate surface area is 140 Å². The number of rotatable bonds is 2. The maximum atomic E-state index is 12.5. The van der Waals surface area contributed by atoms with Crippen molar-refractivity contribution in [2.24, 2.45) is 0 Å². The van der Waals surface area contributed by atoms with Crippen LogP contribution in [0.25, 0.3) is 21.7 Å². The van der Waals surface area contributed by atoms with Gasteiger partial charge in [-0.15, -0.1) is 0 Å². The summed E-state index contributed by atoms with van der Waals surface area (Å²) in [5.74, 6) is -0.454. The number of anilines is 1. The van der Waals surface area contributed by atoms with E-state index in [1.165, 1.54) is 18.3 Å². The van der Waals surface area contributed by atoms with E-state index in [1.54, 1.807) is 12.1 Å². The second-order valence-corrected chi connectivity index (χ2v) is 5.55. The van der Waals surface area contributed by atoms with Crippen LogP contribution in [-0.4, -0.2) is 10.9 Å². The van der Waals surface area contributed by atoms with E-state index >= 15 is 0 Å². The van der Waals surface area contributed by atoms with E-state index < -0.39 is 17.1 Å². The summed E-state index contributed by atoms with van der Waals surface area (Å²) in [6.45, 7) is 0. The summed E-state index contributed by atoms with van der Waals surface area (Å²) in [5, 5.41) is 4.63. The first-order valence-electron chi connectivity index (χ1n) is 7.57. The Morgan fingerprint density at radius 1 is 0.960 bits per heavy atom. The van der Waals surface area contributed by atoms with Crippen LogP contribution in [0.4, 0.5) is 5.69 Å². The molecule has 4 rings (SSSR count). The van der Waals surface area contributed by atoms with Gasteiger partial charge in [0.15, 0.2) is 0 Å². The second-order valence-electron chi connectivity index (χ2n) is 5.55. The Hall–Kier alpha value is -3.67. The largest absolute Gasteiger partial charge is 0.421 e. The van der Waals surface area contributed by atoms with E-state index in [-0.39, 0.29) is 16.7 Å². The third-order valence-corrected chi connectivity index (χ3v) is 3.93. The molecule has 2 heterocycles. The lowest BCUT2D eigenvalue weighted by Crippen LogP contribution is -2.19. The summed E-state index contributed by atoms with van der Waals surface area (Å²) in [7, 11) is 0. The van der Waals surface area contributed by atoms with Crippen molar-refractivity contribution < 1.29 is 9.21 Å². The molecule has 0 unspecified atom stereocenters. The fourth-order valence-corrected chi connectivity index (χ4v) is 2.67. The number of benzene rings is 2. The van der Waals surface area contributed by atoms with Crippen molar-refractivity contribution in [3.63, 3.8) is 0 Å². The molecular formula is C19H12N2O4. The summed E-state index contributed by atoms with van der Waals surface area (Å²) >= 11 is 0. The van der Waals surface area contributed by atoms with Gasteiger partial charge in [-0.3, -0.25) is 9.59 Å². The van der Waals surface area contributed by atoms with Crippen LogP contribution in [0.2, 0.25) is 0 Å². The summed E-state index contributed by atoms with van der Waals surface area (Å²) in [6, 6.07) is 15.7. The van der Waals surface area contributed by atoms with E-state index in [0.29, 0.717) is 5.56 Å². The molecular weight excluding hydrogens is 320 g/mol. The Morgan fingerprint density at radius 3 is 2.60 bits per heavy atom. The zero-order valence-corrected chi connectivity index (χ0v) is 12.9. The number of hydrogen-bond donors (Lipinski definition) is 2. The highest BCUT2D eigenvalue weighted by Crippen LogP contribution is 2.17. The third-order valence-electron chi connectivity index (χ3n) is 3.93. The smallest absolute Gasteiger partial charge is 0.360 e. The van der Waals surface area contributed by atoms with Crippen LogP contribution in [-0.2, 0) is 0 Å². The fourth-order valence-electron chi connectivity index (χ4n) is 2.67. The topological polar surface area (TPSA) is 92.2 Å². The predicted molar refractivity (Wildman–Crippen MR) is 95.0 cm³/mol. The van der Waals surface area contributed by atoms with Crippen molar-refractivity contribution in [2.75, 3.05) is 5.32 Å². The summed E-state index contributed by atoms with van der Waals surface area (Å²) in [5.41, 5.74) is -0.630. The molecule has 0 aliphatic heterocycles. The van der Waals surface area contributed by atoms with E-state index in [0.717, 1.165) is 10.8 Å². The van der Waals surface area contributed by atoms with Crippen LogP contribution in [0.5, 0.6) is 0 Å². The van der Waals surface area contributed by atoms with Crippen molar-refractivity contribution >= 4 is 33.3 Å². The molecule has 25 heavy (non-hydrogen) atoms. The van der Waals surface area contributed by atoms with Crippen LogP contribution < -0.4 is 16.5 Å². The highest BCUT2D eigenvalue weighted by atomic mass is 16.4. The quantitative estimate of drug-likeness (QED) is 0.590. The van der Waals surface area contributed by atoms with Crippen LogP contribution in [0.1, 0.15) is 10.4 Å². The van der Waals surface area contributed by atoms with Gasteiger partial charge in [-0.25, -0.2) is 4.79 Å². The molecule has 0 fully saturated rings. The van der Waals surface area contributed by atoms with Gasteiger partial charge >= 0.3 is 5.63 Å². The number of aromatic nitrogens is 1. The molecule has 0 saturated carbocycles. The highest BCUT2D eigenvalue weighted by molar-refractivity contribution is 6.06. The molecule has 122 valence electrons. The molecule has 6 nitrogen and oxygen atoms in total. The zero-order valence-electron chi connectivity index (χ0n) is 12.9. The SMILES string of the molecule is O=C(Nc1cc2c(=O)[nH]ccc2oc1=O)c1ccc2ccccc2c1. The van der Waals surface area contributed by atoms with Crippen LogP contribution in [0, 0.1) is 0 Å². The minimum Gasteiger partial charge on any atom is -0.421 e. The Bertz CT molecular complexity index is 1240. The number of carbonyl (C=O) groups excluding carboxylic acids is 1. The predicted octanol–water partition coefficient (Wildman–Crippen LogP) is 2.89. The first kappa shape index (κ1) is 14.9. The molecule has 0 radical (unpaired) electrons. The van der Waals surface area contributed by atoms with Gasteiger partial charge in [-0.1, -0.05) is 30.3 Å². The Kier molecular flexibility index (Phi) is 3.43. The van der Waals surface area contributed by atoms with Crippen molar-refractivity contribution in [1.29, 1.82) is 0 Å². The van der Waals surface area contributed by atoms with Crippen LogP contribution >= 0.6 is 0 Å². The number of aromatic amines is 1. The maximum absolute atomic E-state index is 12.5. The van der Waals surface area contributed by atoms with E-state index in [9.17, 15) is 14.4 Å². The normalized spacial score (nSPS) is 10.9. The summed E-state index contributed by atoms with van der Waals surface area (Å²) < 4.78 is 5.09. The molecule has 2 aromatic heterocycles. The molecule has 0 atom stereocenters. The summed E-state index contributed by atoms with van der Waals surface area (Å²) in [6.07, 6.45) is 1.39. The number of nitrogens with one attached hydrogen (secondary N) is 2. The van der Waals surface area contributed by atoms with E-state index in [4.69, 9.17) is 4.42 Å². The minimum absolute atomic E-state index is 0.0811. The van der Waals surface area contributed by atoms with Gasteiger partial charge in [-0.05, 0) is 35.0 Å². The van der Waals surface area contributed by atoms with Crippen molar-refractivity contribution in [2.45, 2.75) is 0 Å². The maximum Gasteiger partial charge on any atom is 0.360 e. The molecule has 6 heteroatoms. The molecule has 4 aromatic rings. The molecule has 0 spiro atoms. The lowest BCUT2D eigenvalue weighted by molar-refractivity contribution is 0.102. The number of amides is 1. The van der Waals surface area contributed by atoms with Gasteiger partial charge in [0.25, 0.3) is 11.5 Å². The molecule has 0 saturated heterocycles. The average molecular weight is 332 g/mol. The summed E-state index contributed by atoms with van der Waals surface area (Å²) in [4.78, 5) is 38.8. The Morgan fingerprint density at radius 2 is 1.76 bits per heavy atom. The number of hydrogen-bond acceptors (Lipinski definition) is 4. The van der Waals surface area contributed by atoms with Gasteiger partial charge in [0.2, 0.25) is 0 Å². The van der Waals surface area contributed by atoms with Crippen molar-refractivity contribution in [1.82, 2.24) is 4.98 Å². The first-order chi connectivity index (χ1) is 12.1. The molecule has 0 aliphatic carbocycles. The van der Waals surface area contributed by atoms with Crippen LogP contribution in [0.15, 0.2) is 74.8 Å². The lowest BCUT2D eigenvalue weighted by Gasteiger charge is -2.06. The zero-order chi connectivity index (χ0) is 17.4. The number of fused-ring (bicyclic) bond motifs is 2. The van der Waals surface area contributed by atoms with Crippen LogP contribution in [0.3, 0.4) is 0 Å². The lowest BCUT2D eigenvalue weighted by atomic mass is 10.1. The fraction of sp³-hybridized carbons (Fsp3) is 0. The van der Waals surface area contributed by atoms with Gasteiger partial charge in [0.05, 0.1) is 5.39 Å².